The van der Waals surface area contributed by atoms with Crippen LogP contribution in [0.4, 0.5) is 5.69 Å². The molecule has 170 valence electrons. The van der Waals surface area contributed by atoms with Crippen LogP contribution in [-0.4, -0.2) is 16.5 Å². The highest BCUT2D eigenvalue weighted by Gasteiger charge is 2.43. The summed E-state index contributed by atoms with van der Waals surface area (Å²) in [5.41, 5.74) is 11.6. The summed E-state index contributed by atoms with van der Waals surface area (Å²) in [4.78, 5) is 20.0. The number of rotatable bonds is 5. The molecule has 2 aromatic heterocycles. The summed E-state index contributed by atoms with van der Waals surface area (Å²) in [5.74, 6) is 0.972. The number of thioether (sulfide) groups is 1. The molecule has 2 aliphatic rings. The number of hydrogen-bond acceptors (Lipinski definition) is 7. The summed E-state index contributed by atoms with van der Waals surface area (Å²) in [6.07, 6.45) is 4.51. The Labute approximate surface area is 207 Å². The van der Waals surface area contributed by atoms with Crippen LogP contribution in [0.5, 0.6) is 0 Å². The van der Waals surface area contributed by atoms with Crippen LogP contribution in [0, 0.1) is 11.3 Å². The van der Waals surface area contributed by atoms with E-state index in [-0.39, 0.29) is 11.7 Å². The highest BCUT2D eigenvalue weighted by Crippen LogP contribution is 2.51. The number of hydrogen-bond donors (Lipinski definition) is 1. The summed E-state index contributed by atoms with van der Waals surface area (Å²) in [5, 5.41) is 12.3. The molecular formula is C27H24N4OS2. The second-order valence-electron chi connectivity index (χ2n) is 8.29. The van der Waals surface area contributed by atoms with Crippen LogP contribution in [0.2, 0.25) is 0 Å². The SMILES string of the molecule is CCSc1sccc1[C@H]1C(C#N)=C(N)N(c2cccnc2)C2=C1C(=O)C[C@H](c1ccccc1)C2. The van der Waals surface area contributed by atoms with E-state index >= 15 is 0 Å². The van der Waals surface area contributed by atoms with Crippen LogP contribution in [0.3, 0.4) is 0 Å². The van der Waals surface area contributed by atoms with Crippen LogP contribution in [0.15, 0.2) is 93.2 Å². The van der Waals surface area contributed by atoms with Gasteiger partial charge in [0.15, 0.2) is 5.78 Å². The number of nitriles is 1. The number of aromatic nitrogens is 1. The maximum atomic E-state index is 13.9. The fourth-order valence-electron chi connectivity index (χ4n) is 4.95. The lowest BCUT2D eigenvalue weighted by atomic mass is 9.72. The Bertz CT molecular complexity index is 1320. The number of pyridine rings is 1. The molecule has 2 N–H and O–H groups in total. The topological polar surface area (TPSA) is 83.0 Å². The Kier molecular flexibility index (Phi) is 6.27. The van der Waals surface area contributed by atoms with Gasteiger partial charge in [0.1, 0.15) is 5.82 Å². The third-order valence-electron chi connectivity index (χ3n) is 6.39. The molecule has 2 atom stereocenters. The average Bonchev–Trinajstić information content (AvgIpc) is 3.32. The standard InChI is InChI=1S/C27H24N4OS2/c1-2-33-27-20(10-12-34-27)24-21(15-28)26(29)31(19-9-6-11-30-16-19)22-13-18(14-23(32)25(22)24)17-7-4-3-5-8-17/h3-12,16,18,24H,2,13-14,29H2,1H3/t18-,24+/m1/s1. The largest absolute Gasteiger partial charge is 0.384 e. The van der Waals surface area contributed by atoms with E-state index in [0.717, 1.165) is 32.5 Å². The predicted molar refractivity (Wildman–Crippen MR) is 137 cm³/mol. The molecule has 0 saturated heterocycles. The number of ketones is 1. The number of nitrogens with two attached hydrogens (primary N) is 1. The summed E-state index contributed by atoms with van der Waals surface area (Å²) in [6.45, 7) is 2.11. The second kappa shape index (κ2) is 9.49. The van der Waals surface area contributed by atoms with E-state index in [4.69, 9.17) is 5.73 Å². The van der Waals surface area contributed by atoms with E-state index in [1.807, 2.05) is 46.7 Å². The van der Waals surface area contributed by atoms with Crippen molar-refractivity contribution in [3.8, 4) is 6.07 Å². The Hall–Kier alpha value is -3.34. The first-order valence-electron chi connectivity index (χ1n) is 11.2. The monoisotopic (exact) mass is 484 g/mol. The average molecular weight is 485 g/mol. The van der Waals surface area contributed by atoms with Gasteiger partial charge < -0.3 is 5.73 Å². The van der Waals surface area contributed by atoms with Crippen molar-refractivity contribution in [2.75, 3.05) is 10.7 Å². The smallest absolute Gasteiger partial charge is 0.162 e. The summed E-state index contributed by atoms with van der Waals surface area (Å²) in [7, 11) is 0. The minimum absolute atomic E-state index is 0.0515. The molecule has 7 heteroatoms. The van der Waals surface area contributed by atoms with Gasteiger partial charge >= 0.3 is 0 Å². The normalized spacial score (nSPS) is 20.4. The molecule has 5 rings (SSSR count). The van der Waals surface area contributed by atoms with Gasteiger partial charge in [-0.1, -0.05) is 37.3 Å². The van der Waals surface area contributed by atoms with Crippen LogP contribution in [-0.2, 0) is 4.79 Å². The number of allylic oxidation sites excluding steroid dienone is 3. The molecule has 1 aliphatic carbocycles. The molecule has 3 heterocycles. The van der Waals surface area contributed by atoms with Crippen molar-refractivity contribution in [3.63, 3.8) is 0 Å². The first kappa shape index (κ1) is 22.5. The quantitative estimate of drug-likeness (QED) is 0.450. The van der Waals surface area contributed by atoms with E-state index < -0.39 is 5.92 Å². The van der Waals surface area contributed by atoms with Gasteiger partial charge in [-0.05, 0) is 52.8 Å². The molecular weight excluding hydrogens is 460 g/mol. The van der Waals surface area contributed by atoms with E-state index in [1.54, 1.807) is 35.5 Å². The van der Waals surface area contributed by atoms with E-state index in [0.29, 0.717) is 29.8 Å². The molecule has 0 saturated carbocycles. The second-order valence-corrected chi connectivity index (χ2v) is 10.7. The van der Waals surface area contributed by atoms with Crippen LogP contribution in [0.25, 0.3) is 0 Å². The molecule has 0 amide bonds. The minimum Gasteiger partial charge on any atom is -0.384 e. The first-order valence-corrected chi connectivity index (χ1v) is 13.1. The summed E-state index contributed by atoms with van der Waals surface area (Å²) >= 11 is 3.39. The molecule has 1 aromatic carbocycles. The Morgan fingerprint density at radius 1 is 1.21 bits per heavy atom. The van der Waals surface area contributed by atoms with Gasteiger partial charge in [-0.25, -0.2) is 0 Å². The molecule has 5 nitrogen and oxygen atoms in total. The zero-order valence-electron chi connectivity index (χ0n) is 18.8. The Morgan fingerprint density at radius 2 is 2.03 bits per heavy atom. The van der Waals surface area contributed by atoms with Crippen molar-refractivity contribution in [3.05, 3.63) is 100 Å². The van der Waals surface area contributed by atoms with Gasteiger partial charge in [0, 0.05) is 23.9 Å². The number of benzene rings is 1. The van der Waals surface area contributed by atoms with Crippen LogP contribution in [0.1, 0.15) is 42.7 Å². The lowest BCUT2D eigenvalue weighted by Gasteiger charge is -2.41. The third-order valence-corrected chi connectivity index (χ3v) is 8.54. The van der Waals surface area contributed by atoms with Gasteiger partial charge in [0.2, 0.25) is 0 Å². The van der Waals surface area contributed by atoms with Crippen molar-refractivity contribution in [2.45, 2.75) is 35.8 Å². The van der Waals surface area contributed by atoms with Crippen LogP contribution >= 0.6 is 23.1 Å². The van der Waals surface area contributed by atoms with Gasteiger partial charge in [-0.3, -0.25) is 14.7 Å². The highest BCUT2D eigenvalue weighted by molar-refractivity contribution is 8.01. The molecule has 0 bridgehead atoms. The van der Waals surface area contributed by atoms with E-state index in [1.165, 1.54) is 0 Å². The fourth-order valence-corrected chi connectivity index (χ4v) is 7.02. The Balaban J connectivity index is 1.72. The van der Waals surface area contributed by atoms with Gasteiger partial charge in [-0.15, -0.1) is 23.1 Å². The maximum absolute atomic E-state index is 13.9. The van der Waals surface area contributed by atoms with Crippen LogP contribution < -0.4 is 10.6 Å². The molecule has 0 spiro atoms. The zero-order valence-corrected chi connectivity index (χ0v) is 20.4. The Morgan fingerprint density at radius 3 is 2.74 bits per heavy atom. The maximum Gasteiger partial charge on any atom is 0.162 e. The number of thiophene rings is 1. The van der Waals surface area contributed by atoms with E-state index in [2.05, 4.69) is 30.1 Å². The van der Waals surface area contributed by atoms with Crippen molar-refractivity contribution >= 4 is 34.6 Å². The fraction of sp³-hybridized carbons (Fsp3) is 0.222. The molecule has 0 radical (unpaired) electrons. The van der Waals surface area contributed by atoms with Crippen molar-refractivity contribution in [1.29, 1.82) is 5.26 Å². The van der Waals surface area contributed by atoms with Gasteiger partial charge in [-0.2, -0.15) is 5.26 Å². The van der Waals surface area contributed by atoms with Crippen molar-refractivity contribution in [2.24, 2.45) is 5.73 Å². The number of carbonyl (C=O) groups excluding carboxylic acids is 1. The number of Topliss-reactive ketones (excluding diaryl/α,β-unsaturated/α-hetero) is 1. The lowest BCUT2D eigenvalue weighted by Crippen LogP contribution is -2.40. The first-order chi connectivity index (χ1) is 16.6. The summed E-state index contributed by atoms with van der Waals surface area (Å²) in [6, 6.07) is 18.3. The van der Waals surface area contributed by atoms with Gasteiger partial charge in [0.25, 0.3) is 0 Å². The van der Waals surface area contributed by atoms with Crippen molar-refractivity contribution < 1.29 is 4.79 Å². The number of anilines is 1. The van der Waals surface area contributed by atoms with Crippen molar-refractivity contribution in [1.82, 2.24) is 4.98 Å². The molecule has 0 fully saturated rings. The van der Waals surface area contributed by atoms with Gasteiger partial charge in [0.05, 0.1) is 33.7 Å². The lowest BCUT2D eigenvalue weighted by molar-refractivity contribution is -0.116. The third kappa shape index (κ3) is 3.83. The molecule has 3 aromatic rings. The highest BCUT2D eigenvalue weighted by atomic mass is 32.2. The molecule has 1 aliphatic heterocycles. The number of nitrogens with zero attached hydrogens (tertiary/aromatic N) is 3. The zero-order chi connectivity index (χ0) is 23.7. The summed E-state index contributed by atoms with van der Waals surface area (Å²) < 4.78 is 1.13. The predicted octanol–water partition coefficient (Wildman–Crippen LogP) is 5.95. The minimum atomic E-state index is -0.447. The van der Waals surface area contributed by atoms with E-state index in [9.17, 15) is 10.1 Å². The molecule has 34 heavy (non-hydrogen) atoms. The number of carbonyl (C=O) groups is 1. The molecule has 0 unspecified atom stereocenters.